The monoisotopic (exact) mass is 282 g/mol. The average molecular weight is 282 g/mol. The molecule has 0 aliphatic heterocycles. The number of phenols is 2. The number of carbonyl (C=O) groups excluding carboxylic acids is 1. The number of hydrogen-bond acceptors (Lipinski definition) is 4. The van der Waals surface area contributed by atoms with E-state index in [0.717, 1.165) is 11.6 Å². The largest absolute Gasteiger partial charge is 0.508 e. The first-order valence-corrected chi connectivity index (χ1v) is 6.24. The van der Waals surface area contributed by atoms with Gasteiger partial charge in [0.05, 0.1) is 5.56 Å². The van der Waals surface area contributed by atoms with Gasteiger partial charge in [0.1, 0.15) is 11.5 Å². The molecule has 0 saturated carbocycles. The van der Waals surface area contributed by atoms with E-state index in [1.54, 1.807) is 6.08 Å². The molecular weight excluding hydrogens is 268 g/mol. The van der Waals surface area contributed by atoms with Crippen molar-refractivity contribution in [1.82, 2.24) is 5.43 Å². The van der Waals surface area contributed by atoms with Gasteiger partial charge < -0.3 is 10.2 Å². The molecule has 0 aromatic heterocycles. The van der Waals surface area contributed by atoms with Gasteiger partial charge >= 0.3 is 0 Å². The molecule has 0 spiro atoms. The van der Waals surface area contributed by atoms with Gasteiger partial charge in [0, 0.05) is 12.3 Å². The quantitative estimate of drug-likeness (QED) is 0.595. The van der Waals surface area contributed by atoms with Gasteiger partial charge in [-0.15, -0.1) is 0 Å². The van der Waals surface area contributed by atoms with Crippen LogP contribution in [0, 0.1) is 0 Å². The number of benzene rings is 2. The van der Waals surface area contributed by atoms with E-state index in [9.17, 15) is 9.90 Å². The third kappa shape index (κ3) is 4.21. The van der Waals surface area contributed by atoms with Gasteiger partial charge in [0.25, 0.3) is 5.91 Å². The highest BCUT2D eigenvalue weighted by molar-refractivity contribution is 5.97. The predicted octanol–water partition coefficient (Wildman–Crippen LogP) is 2.53. The minimum atomic E-state index is -0.558. The summed E-state index contributed by atoms with van der Waals surface area (Å²) < 4.78 is 0. The first-order chi connectivity index (χ1) is 10.2. The van der Waals surface area contributed by atoms with Crippen molar-refractivity contribution in [1.29, 1.82) is 0 Å². The van der Waals surface area contributed by atoms with Gasteiger partial charge in [-0.3, -0.25) is 4.79 Å². The van der Waals surface area contributed by atoms with Gasteiger partial charge in [0.15, 0.2) is 0 Å². The zero-order valence-electron chi connectivity index (χ0n) is 11.1. The summed E-state index contributed by atoms with van der Waals surface area (Å²) in [6.45, 7) is 0. The van der Waals surface area contributed by atoms with Crippen molar-refractivity contribution in [3.8, 4) is 11.5 Å². The van der Waals surface area contributed by atoms with Gasteiger partial charge in [-0.05, 0) is 23.8 Å². The molecule has 106 valence electrons. The van der Waals surface area contributed by atoms with E-state index in [4.69, 9.17) is 5.11 Å². The van der Waals surface area contributed by atoms with Crippen LogP contribution in [-0.2, 0) is 0 Å². The van der Waals surface area contributed by atoms with Crippen molar-refractivity contribution in [2.24, 2.45) is 5.10 Å². The summed E-state index contributed by atoms with van der Waals surface area (Å²) in [5.74, 6) is -0.974. The highest BCUT2D eigenvalue weighted by Crippen LogP contribution is 2.22. The van der Waals surface area contributed by atoms with Gasteiger partial charge in [0.2, 0.25) is 0 Å². The Hall–Kier alpha value is -3.08. The lowest BCUT2D eigenvalue weighted by Gasteiger charge is -2.02. The molecule has 2 aromatic carbocycles. The highest BCUT2D eigenvalue weighted by Gasteiger charge is 2.10. The molecule has 0 saturated heterocycles. The topological polar surface area (TPSA) is 81.9 Å². The molecule has 1 amide bonds. The molecule has 5 nitrogen and oxygen atoms in total. The van der Waals surface area contributed by atoms with Crippen molar-refractivity contribution in [3.05, 3.63) is 65.7 Å². The van der Waals surface area contributed by atoms with E-state index in [1.165, 1.54) is 18.3 Å². The minimum Gasteiger partial charge on any atom is -0.508 e. The average Bonchev–Trinajstić information content (AvgIpc) is 2.47. The number of hydrogen-bond donors (Lipinski definition) is 3. The molecule has 0 aliphatic rings. The van der Waals surface area contributed by atoms with Crippen molar-refractivity contribution < 1.29 is 15.0 Å². The first-order valence-electron chi connectivity index (χ1n) is 6.24. The van der Waals surface area contributed by atoms with Gasteiger partial charge in [-0.25, -0.2) is 5.43 Å². The molecule has 2 aromatic rings. The van der Waals surface area contributed by atoms with Crippen LogP contribution in [0.5, 0.6) is 11.5 Å². The van der Waals surface area contributed by atoms with Crippen molar-refractivity contribution in [2.45, 2.75) is 0 Å². The summed E-state index contributed by atoms with van der Waals surface area (Å²) in [5.41, 5.74) is 3.34. The fourth-order valence-corrected chi connectivity index (χ4v) is 1.63. The van der Waals surface area contributed by atoms with Crippen LogP contribution in [0.1, 0.15) is 15.9 Å². The molecular formula is C16H14N2O3. The maximum atomic E-state index is 11.7. The summed E-state index contributed by atoms with van der Waals surface area (Å²) in [7, 11) is 0. The Morgan fingerprint density at radius 3 is 2.57 bits per heavy atom. The summed E-state index contributed by atoms with van der Waals surface area (Å²) in [4.78, 5) is 11.7. The SMILES string of the molecule is O=C(NN=CC=Cc1ccccc1)c1ccc(O)cc1O. The number of nitrogens with zero attached hydrogens (tertiary/aromatic N) is 1. The van der Waals surface area contributed by atoms with E-state index >= 15 is 0 Å². The van der Waals surface area contributed by atoms with Crippen LogP contribution >= 0.6 is 0 Å². The summed E-state index contributed by atoms with van der Waals surface area (Å²) >= 11 is 0. The second-order valence-corrected chi connectivity index (χ2v) is 4.19. The maximum Gasteiger partial charge on any atom is 0.275 e. The lowest BCUT2D eigenvalue weighted by atomic mass is 10.2. The maximum absolute atomic E-state index is 11.7. The third-order valence-electron chi connectivity index (χ3n) is 2.64. The molecule has 0 unspecified atom stereocenters. The zero-order chi connectivity index (χ0) is 15.1. The Morgan fingerprint density at radius 1 is 1.10 bits per heavy atom. The Balaban J connectivity index is 1.92. The Morgan fingerprint density at radius 2 is 1.86 bits per heavy atom. The predicted molar refractivity (Wildman–Crippen MR) is 81.2 cm³/mol. The normalized spacial score (nSPS) is 11.0. The summed E-state index contributed by atoms with van der Waals surface area (Å²) in [6.07, 6.45) is 4.96. The molecule has 0 atom stereocenters. The van der Waals surface area contributed by atoms with Crippen LogP contribution in [0.15, 0.2) is 59.7 Å². The Kier molecular flexibility index (Phi) is 4.71. The molecule has 0 fully saturated rings. The smallest absolute Gasteiger partial charge is 0.275 e. The fraction of sp³-hybridized carbons (Fsp3) is 0. The minimum absolute atomic E-state index is 0.0389. The highest BCUT2D eigenvalue weighted by atomic mass is 16.3. The van der Waals surface area contributed by atoms with E-state index in [2.05, 4.69) is 10.5 Å². The lowest BCUT2D eigenvalue weighted by Crippen LogP contribution is -2.17. The number of allylic oxidation sites excluding steroid dienone is 1. The van der Waals surface area contributed by atoms with Crippen molar-refractivity contribution >= 4 is 18.2 Å². The third-order valence-corrected chi connectivity index (χ3v) is 2.64. The van der Waals surface area contributed by atoms with Crippen LogP contribution in [0.2, 0.25) is 0 Å². The number of carbonyl (C=O) groups is 1. The van der Waals surface area contributed by atoms with Crippen LogP contribution in [0.4, 0.5) is 0 Å². The summed E-state index contributed by atoms with van der Waals surface area (Å²) in [5, 5.41) is 22.4. The van der Waals surface area contributed by atoms with Crippen LogP contribution in [-0.4, -0.2) is 22.3 Å². The number of nitrogens with one attached hydrogen (secondary N) is 1. The van der Waals surface area contributed by atoms with E-state index in [-0.39, 0.29) is 17.1 Å². The van der Waals surface area contributed by atoms with Crippen LogP contribution in [0.3, 0.4) is 0 Å². The number of phenolic OH excluding ortho intramolecular Hbond substituents is 2. The van der Waals surface area contributed by atoms with Crippen LogP contribution < -0.4 is 5.43 Å². The molecule has 0 heterocycles. The van der Waals surface area contributed by atoms with Crippen molar-refractivity contribution in [3.63, 3.8) is 0 Å². The second kappa shape index (κ2) is 6.91. The fourth-order valence-electron chi connectivity index (χ4n) is 1.63. The van der Waals surface area contributed by atoms with E-state index < -0.39 is 5.91 Å². The molecule has 2 rings (SSSR count). The molecule has 21 heavy (non-hydrogen) atoms. The van der Waals surface area contributed by atoms with E-state index in [0.29, 0.717) is 0 Å². The van der Waals surface area contributed by atoms with Crippen LogP contribution in [0.25, 0.3) is 6.08 Å². The zero-order valence-corrected chi connectivity index (χ0v) is 11.1. The first kappa shape index (κ1) is 14.3. The molecule has 0 radical (unpaired) electrons. The Labute approximate surface area is 121 Å². The molecule has 0 aliphatic carbocycles. The standard InChI is InChI=1S/C16H14N2O3/c19-13-8-9-14(15(20)11-13)16(21)18-17-10-4-7-12-5-2-1-3-6-12/h1-11,19-20H,(H,18,21). The number of aromatic hydroxyl groups is 2. The molecule has 3 N–H and O–H groups in total. The van der Waals surface area contributed by atoms with Gasteiger partial charge in [-0.2, -0.15) is 5.10 Å². The second-order valence-electron chi connectivity index (χ2n) is 4.19. The number of hydrazone groups is 1. The molecule has 5 heteroatoms. The number of rotatable bonds is 4. The molecule has 0 bridgehead atoms. The summed E-state index contributed by atoms with van der Waals surface area (Å²) in [6, 6.07) is 13.4. The van der Waals surface area contributed by atoms with Crippen molar-refractivity contribution in [2.75, 3.05) is 0 Å². The van der Waals surface area contributed by atoms with E-state index in [1.807, 2.05) is 36.4 Å². The Bertz CT molecular complexity index is 679. The van der Waals surface area contributed by atoms with Gasteiger partial charge in [-0.1, -0.05) is 36.4 Å². The number of amides is 1. The lowest BCUT2D eigenvalue weighted by molar-refractivity contribution is 0.0952.